The minimum Gasteiger partial charge on any atom is -0.492 e. The molecule has 2 aromatic heterocycles. The average molecular weight is 517 g/mol. The fourth-order valence-corrected chi connectivity index (χ4v) is 3.90. The number of aromatic amines is 1. The van der Waals surface area contributed by atoms with Crippen molar-refractivity contribution < 1.29 is 23.1 Å². The number of nitrogens with zero attached hydrogens (tertiary/aromatic N) is 2. The minimum atomic E-state index is -0.975. The second kappa shape index (κ2) is 10.9. The lowest BCUT2D eigenvalue weighted by atomic mass is 10.1. The highest BCUT2D eigenvalue weighted by Gasteiger charge is 2.24. The van der Waals surface area contributed by atoms with Crippen LogP contribution in [0.2, 0.25) is 0 Å². The second-order valence-corrected chi connectivity index (χ2v) is 8.33. The summed E-state index contributed by atoms with van der Waals surface area (Å²) in [5.41, 5.74) is 3.40. The second-order valence-electron chi connectivity index (χ2n) is 8.33. The number of anilines is 2. The topological polar surface area (TPSA) is 121 Å². The molecule has 1 aliphatic heterocycles. The Balaban J connectivity index is 1.16. The fourth-order valence-electron chi connectivity index (χ4n) is 3.90. The van der Waals surface area contributed by atoms with E-state index in [4.69, 9.17) is 4.74 Å². The molecule has 4 aromatic rings. The van der Waals surface area contributed by atoms with Gasteiger partial charge in [-0.25, -0.2) is 18.7 Å². The number of pyridine rings is 1. The highest BCUT2D eigenvalue weighted by molar-refractivity contribution is 6.34. The van der Waals surface area contributed by atoms with Gasteiger partial charge in [-0.15, -0.1) is 0 Å². The van der Waals surface area contributed by atoms with Crippen molar-refractivity contribution in [2.75, 3.05) is 23.8 Å². The number of ether oxygens (including phenoxy) is 1. The van der Waals surface area contributed by atoms with Crippen LogP contribution in [-0.2, 0) is 11.3 Å². The number of fused-ring (bicyclic) bond motifs is 1. The van der Waals surface area contributed by atoms with Gasteiger partial charge in [-0.2, -0.15) is 0 Å². The van der Waals surface area contributed by atoms with Gasteiger partial charge in [0.2, 0.25) is 0 Å². The van der Waals surface area contributed by atoms with Gasteiger partial charge in [-0.05, 0) is 48.0 Å². The summed E-state index contributed by atoms with van der Waals surface area (Å²) in [6.45, 7) is 0.631. The molecule has 5 rings (SSSR count). The van der Waals surface area contributed by atoms with E-state index >= 15 is 0 Å². The summed E-state index contributed by atoms with van der Waals surface area (Å²) in [4.78, 5) is 36.2. The monoisotopic (exact) mass is 516 g/mol. The average Bonchev–Trinajstić information content (AvgIpc) is 3.55. The zero-order chi connectivity index (χ0) is 26.5. The molecule has 0 atom stereocenters. The van der Waals surface area contributed by atoms with Crippen molar-refractivity contribution in [2.24, 2.45) is 0 Å². The first kappa shape index (κ1) is 24.6. The molecule has 0 saturated heterocycles. The third-order valence-corrected chi connectivity index (χ3v) is 5.75. The predicted molar refractivity (Wildman–Crippen MR) is 137 cm³/mol. The molecule has 0 unspecified atom stereocenters. The number of hydrogen-bond donors (Lipinski definition) is 4. The zero-order valence-electron chi connectivity index (χ0n) is 19.9. The predicted octanol–water partition coefficient (Wildman–Crippen LogP) is 4.00. The molecule has 0 fully saturated rings. The van der Waals surface area contributed by atoms with Crippen LogP contribution in [0, 0.1) is 11.6 Å². The maximum absolute atomic E-state index is 13.4. The van der Waals surface area contributed by atoms with Gasteiger partial charge in [0.15, 0.2) is 11.6 Å². The van der Waals surface area contributed by atoms with Crippen molar-refractivity contribution in [3.63, 3.8) is 0 Å². The van der Waals surface area contributed by atoms with Crippen LogP contribution in [0.25, 0.3) is 11.6 Å². The molecule has 9 nitrogen and oxygen atoms in total. The van der Waals surface area contributed by atoms with Gasteiger partial charge < -0.3 is 25.7 Å². The molecule has 2 aromatic carbocycles. The van der Waals surface area contributed by atoms with Crippen LogP contribution < -0.4 is 20.7 Å². The van der Waals surface area contributed by atoms with Gasteiger partial charge in [0.25, 0.3) is 11.8 Å². The Kier molecular flexibility index (Phi) is 7.07. The number of benzene rings is 2. The number of imidazole rings is 1. The molecule has 11 heteroatoms. The Morgan fingerprint density at radius 1 is 1.11 bits per heavy atom. The van der Waals surface area contributed by atoms with E-state index in [2.05, 4.69) is 30.9 Å². The molecule has 0 saturated carbocycles. The summed E-state index contributed by atoms with van der Waals surface area (Å²) >= 11 is 0. The third-order valence-electron chi connectivity index (χ3n) is 5.75. The number of hydrogen-bond acceptors (Lipinski definition) is 6. The van der Waals surface area contributed by atoms with E-state index in [1.807, 2.05) is 6.07 Å². The summed E-state index contributed by atoms with van der Waals surface area (Å²) in [5, 5.41) is 8.59. The molecule has 3 heterocycles. The van der Waals surface area contributed by atoms with Crippen molar-refractivity contribution in [1.29, 1.82) is 0 Å². The number of nitrogens with one attached hydrogen (secondary N) is 4. The first-order valence-corrected chi connectivity index (χ1v) is 11.7. The van der Waals surface area contributed by atoms with Crippen LogP contribution in [0.1, 0.15) is 27.2 Å². The summed E-state index contributed by atoms with van der Waals surface area (Å²) in [7, 11) is 0. The van der Waals surface area contributed by atoms with Crippen LogP contribution >= 0.6 is 0 Å². The number of aromatic nitrogens is 3. The maximum Gasteiger partial charge on any atom is 0.256 e. The Hall–Kier alpha value is -5.06. The lowest BCUT2D eigenvalue weighted by Crippen LogP contribution is -2.25. The summed E-state index contributed by atoms with van der Waals surface area (Å²) in [5.74, 6) is -1.62. The SMILES string of the molecule is O=C1Nc2cc(OCCNc3ncccc3C(=O)NCc3ccc(F)c(F)c3)ccc2/C1=C/c1cnc[nH]1. The Bertz CT molecular complexity index is 1520. The number of amides is 2. The molecule has 0 bridgehead atoms. The highest BCUT2D eigenvalue weighted by atomic mass is 19.2. The van der Waals surface area contributed by atoms with Crippen LogP contribution in [0.5, 0.6) is 5.75 Å². The lowest BCUT2D eigenvalue weighted by Gasteiger charge is -2.12. The molecule has 0 aliphatic carbocycles. The van der Waals surface area contributed by atoms with Crippen molar-refractivity contribution in [3.8, 4) is 5.75 Å². The number of rotatable bonds is 9. The van der Waals surface area contributed by atoms with Crippen molar-refractivity contribution in [1.82, 2.24) is 20.3 Å². The first-order valence-electron chi connectivity index (χ1n) is 11.7. The Morgan fingerprint density at radius 2 is 2.00 bits per heavy atom. The number of carbonyl (C=O) groups is 2. The molecule has 0 spiro atoms. The molecule has 4 N–H and O–H groups in total. The zero-order valence-corrected chi connectivity index (χ0v) is 19.9. The summed E-state index contributed by atoms with van der Waals surface area (Å²) < 4.78 is 32.3. The van der Waals surface area contributed by atoms with Gasteiger partial charge >= 0.3 is 0 Å². The van der Waals surface area contributed by atoms with E-state index in [1.54, 1.807) is 49.1 Å². The van der Waals surface area contributed by atoms with E-state index in [0.717, 1.165) is 23.4 Å². The van der Waals surface area contributed by atoms with Crippen molar-refractivity contribution >= 4 is 35.0 Å². The summed E-state index contributed by atoms with van der Waals surface area (Å²) in [6, 6.07) is 12.0. The van der Waals surface area contributed by atoms with Gasteiger partial charge in [-0.3, -0.25) is 9.59 Å². The smallest absolute Gasteiger partial charge is 0.256 e. The van der Waals surface area contributed by atoms with Gasteiger partial charge in [-0.1, -0.05) is 6.07 Å². The maximum atomic E-state index is 13.4. The van der Waals surface area contributed by atoms with E-state index < -0.39 is 17.5 Å². The Labute approximate surface area is 216 Å². The van der Waals surface area contributed by atoms with Crippen LogP contribution in [-0.4, -0.2) is 39.9 Å². The van der Waals surface area contributed by atoms with Crippen LogP contribution in [0.4, 0.5) is 20.3 Å². The van der Waals surface area contributed by atoms with Crippen molar-refractivity contribution in [2.45, 2.75) is 6.54 Å². The van der Waals surface area contributed by atoms with E-state index in [-0.39, 0.29) is 19.1 Å². The van der Waals surface area contributed by atoms with E-state index in [9.17, 15) is 18.4 Å². The quantitative estimate of drug-likeness (QED) is 0.197. The standard InChI is InChI=1S/C27H22F2N6O3/c28-22-6-3-16(10-23(22)29)13-33-26(36)20-2-1-7-31-25(20)32-8-9-38-18-4-5-19-21(11-17-14-30-15-34-17)27(37)35-24(19)12-18/h1-7,10-12,14-15H,8-9,13H2,(H,30,34)(H,31,32)(H,33,36)(H,35,37)/b21-11-. The molecule has 192 valence electrons. The summed E-state index contributed by atoms with van der Waals surface area (Å²) in [6.07, 6.45) is 6.46. The Morgan fingerprint density at radius 3 is 2.82 bits per heavy atom. The minimum absolute atomic E-state index is 0.0289. The number of halogens is 2. The van der Waals surface area contributed by atoms with E-state index in [1.165, 1.54) is 6.07 Å². The molecular weight excluding hydrogens is 494 g/mol. The number of H-pyrrole nitrogens is 1. The van der Waals surface area contributed by atoms with E-state index in [0.29, 0.717) is 40.5 Å². The van der Waals surface area contributed by atoms with Gasteiger partial charge in [0.05, 0.1) is 41.6 Å². The van der Waals surface area contributed by atoms with Crippen molar-refractivity contribution in [3.05, 3.63) is 101 Å². The largest absolute Gasteiger partial charge is 0.492 e. The van der Waals surface area contributed by atoms with Gasteiger partial charge in [0.1, 0.15) is 18.2 Å². The first-order chi connectivity index (χ1) is 18.5. The molecule has 0 radical (unpaired) electrons. The normalized spacial score (nSPS) is 13.2. The molecular formula is C27H22F2N6O3. The fraction of sp³-hybridized carbons (Fsp3) is 0.111. The highest BCUT2D eigenvalue weighted by Crippen LogP contribution is 2.35. The molecule has 2 amide bonds. The third kappa shape index (κ3) is 5.51. The van der Waals surface area contributed by atoms with Crippen LogP contribution in [0.15, 0.2) is 67.3 Å². The van der Waals surface area contributed by atoms with Crippen LogP contribution in [0.3, 0.4) is 0 Å². The van der Waals surface area contributed by atoms with Gasteiger partial charge in [0, 0.05) is 24.4 Å². The molecule has 1 aliphatic rings. The number of carbonyl (C=O) groups excluding carboxylic acids is 2. The molecule has 38 heavy (non-hydrogen) atoms. The lowest BCUT2D eigenvalue weighted by molar-refractivity contribution is -0.110.